The van der Waals surface area contributed by atoms with E-state index in [2.05, 4.69) is 10.6 Å². The van der Waals surface area contributed by atoms with Crippen molar-refractivity contribution in [1.29, 1.82) is 0 Å². The Hall–Kier alpha value is -2.11. The first-order chi connectivity index (χ1) is 12.0. The van der Waals surface area contributed by atoms with Crippen LogP contribution in [0.3, 0.4) is 0 Å². The third-order valence-corrected chi connectivity index (χ3v) is 4.74. The van der Waals surface area contributed by atoms with Crippen LogP contribution in [0.2, 0.25) is 0 Å². The zero-order valence-electron chi connectivity index (χ0n) is 14.5. The summed E-state index contributed by atoms with van der Waals surface area (Å²) in [5.74, 6) is -1.58. The average Bonchev–Trinajstić information content (AvgIpc) is 2.60. The molecule has 3 N–H and O–H groups in total. The first-order valence-corrected chi connectivity index (χ1v) is 9.03. The van der Waals surface area contributed by atoms with Gasteiger partial charge in [0, 0.05) is 25.2 Å². The van der Waals surface area contributed by atoms with Crippen molar-refractivity contribution < 1.29 is 19.1 Å². The zero-order chi connectivity index (χ0) is 18.1. The van der Waals surface area contributed by atoms with Crippen LogP contribution < -0.4 is 10.6 Å². The van der Waals surface area contributed by atoms with Gasteiger partial charge in [-0.2, -0.15) is 0 Å². The van der Waals surface area contributed by atoms with Gasteiger partial charge in [0.2, 0.25) is 5.91 Å². The number of hydrogen-bond acceptors (Lipinski definition) is 3. The molecule has 1 fully saturated rings. The molecule has 1 atom stereocenters. The van der Waals surface area contributed by atoms with Gasteiger partial charge in [-0.15, -0.1) is 0 Å². The molecule has 1 aromatic rings. The Morgan fingerprint density at radius 1 is 1.12 bits per heavy atom. The lowest BCUT2D eigenvalue weighted by molar-refractivity contribution is -0.144. The Bertz CT molecular complexity index is 556. The molecular formula is C19H27FN2O3. The van der Waals surface area contributed by atoms with Gasteiger partial charge in [0.15, 0.2) is 0 Å². The maximum Gasteiger partial charge on any atom is 0.307 e. The van der Waals surface area contributed by atoms with E-state index in [1.807, 2.05) is 0 Å². The van der Waals surface area contributed by atoms with E-state index < -0.39 is 11.9 Å². The number of carbonyl (C=O) groups is 2. The predicted octanol–water partition coefficient (Wildman–Crippen LogP) is 3.42. The average molecular weight is 350 g/mol. The Morgan fingerprint density at radius 3 is 2.44 bits per heavy atom. The van der Waals surface area contributed by atoms with Crippen LogP contribution in [-0.2, 0) is 9.59 Å². The minimum Gasteiger partial charge on any atom is -0.481 e. The molecule has 1 aliphatic rings. The van der Waals surface area contributed by atoms with Gasteiger partial charge in [-0.05, 0) is 36.6 Å². The van der Waals surface area contributed by atoms with E-state index in [1.54, 1.807) is 12.1 Å². The molecule has 138 valence electrons. The normalized spacial score (nSPS) is 16.2. The summed E-state index contributed by atoms with van der Waals surface area (Å²) in [5, 5.41) is 15.2. The molecule has 1 aromatic carbocycles. The predicted molar refractivity (Wildman–Crippen MR) is 94.8 cm³/mol. The molecule has 1 saturated carbocycles. The van der Waals surface area contributed by atoms with Gasteiger partial charge in [-0.3, -0.25) is 9.59 Å². The quantitative estimate of drug-likeness (QED) is 0.596. The number of carboxylic acids is 1. The van der Waals surface area contributed by atoms with Crippen molar-refractivity contribution >= 4 is 17.6 Å². The van der Waals surface area contributed by atoms with Crippen LogP contribution in [0.4, 0.5) is 10.1 Å². The second-order valence-corrected chi connectivity index (χ2v) is 6.76. The monoisotopic (exact) mass is 350 g/mol. The fourth-order valence-electron chi connectivity index (χ4n) is 3.37. The minimum atomic E-state index is -0.884. The van der Waals surface area contributed by atoms with Crippen molar-refractivity contribution in [3.63, 3.8) is 0 Å². The maximum atomic E-state index is 12.8. The summed E-state index contributed by atoms with van der Waals surface area (Å²) in [6.45, 7) is 0.893. The van der Waals surface area contributed by atoms with Crippen LogP contribution >= 0.6 is 0 Å². The number of benzene rings is 1. The van der Waals surface area contributed by atoms with Crippen molar-refractivity contribution in [2.24, 2.45) is 11.8 Å². The zero-order valence-corrected chi connectivity index (χ0v) is 14.5. The van der Waals surface area contributed by atoms with E-state index in [4.69, 9.17) is 0 Å². The van der Waals surface area contributed by atoms with Crippen LogP contribution in [0.1, 0.15) is 44.9 Å². The summed E-state index contributed by atoms with van der Waals surface area (Å²) in [6, 6.07) is 5.98. The summed E-state index contributed by atoms with van der Waals surface area (Å²) in [7, 11) is 0. The number of nitrogens with one attached hydrogen (secondary N) is 2. The van der Waals surface area contributed by atoms with E-state index in [9.17, 15) is 19.1 Å². The molecule has 1 unspecified atom stereocenters. The number of halogens is 1. The van der Waals surface area contributed by atoms with Gasteiger partial charge in [-0.25, -0.2) is 4.39 Å². The largest absolute Gasteiger partial charge is 0.481 e. The van der Waals surface area contributed by atoms with Crippen molar-refractivity contribution in [2.75, 3.05) is 18.4 Å². The van der Waals surface area contributed by atoms with Crippen molar-refractivity contribution in [3.05, 3.63) is 30.1 Å². The van der Waals surface area contributed by atoms with Gasteiger partial charge < -0.3 is 15.7 Å². The van der Waals surface area contributed by atoms with Gasteiger partial charge in [0.1, 0.15) is 5.82 Å². The van der Waals surface area contributed by atoms with Crippen LogP contribution in [0.15, 0.2) is 24.3 Å². The first kappa shape index (κ1) is 19.2. The van der Waals surface area contributed by atoms with Crippen molar-refractivity contribution in [3.8, 4) is 0 Å². The fourth-order valence-corrected chi connectivity index (χ4v) is 3.37. The highest BCUT2D eigenvalue weighted by Crippen LogP contribution is 2.30. The number of hydrogen-bond donors (Lipinski definition) is 3. The molecule has 0 spiro atoms. The standard InChI is InChI=1S/C19H27FN2O3/c20-16-6-8-17(9-7-16)21-10-11-22-18(23)13-15(19(24)25)12-14-4-2-1-3-5-14/h6-9,14-15,21H,1-5,10-13H2,(H,22,23)(H,24,25). The van der Waals surface area contributed by atoms with Crippen LogP contribution in [0.5, 0.6) is 0 Å². The lowest BCUT2D eigenvalue weighted by Gasteiger charge is -2.24. The second-order valence-electron chi connectivity index (χ2n) is 6.76. The summed E-state index contributed by atoms with van der Waals surface area (Å²) in [4.78, 5) is 23.4. The highest BCUT2D eigenvalue weighted by molar-refractivity contribution is 5.82. The van der Waals surface area contributed by atoms with Crippen LogP contribution in [-0.4, -0.2) is 30.1 Å². The number of rotatable bonds is 9. The first-order valence-electron chi connectivity index (χ1n) is 9.03. The van der Waals surface area contributed by atoms with Crippen molar-refractivity contribution in [1.82, 2.24) is 5.32 Å². The maximum absolute atomic E-state index is 12.8. The molecule has 5 nitrogen and oxygen atoms in total. The van der Waals surface area contributed by atoms with Gasteiger partial charge in [-0.1, -0.05) is 32.1 Å². The van der Waals surface area contributed by atoms with E-state index in [1.165, 1.54) is 18.6 Å². The molecule has 0 saturated heterocycles. The molecule has 6 heteroatoms. The van der Waals surface area contributed by atoms with E-state index >= 15 is 0 Å². The molecule has 25 heavy (non-hydrogen) atoms. The number of amides is 1. The Balaban J connectivity index is 1.67. The molecule has 1 amide bonds. The van der Waals surface area contributed by atoms with E-state index in [0.717, 1.165) is 31.4 Å². The fraction of sp³-hybridized carbons (Fsp3) is 0.579. The third-order valence-electron chi connectivity index (χ3n) is 4.74. The van der Waals surface area contributed by atoms with Gasteiger partial charge in [0.25, 0.3) is 0 Å². The molecule has 2 rings (SSSR count). The molecule has 0 heterocycles. The third kappa shape index (κ3) is 7.11. The van der Waals surface area contributed by atoms with E-state index in [-0.39, 0.29) is 18.1 Å². The Morgan fingerprint density at radius 2 is 1.80 bits per heavy atom. The topological polar surface area (TPSA) is 78.4 Å². The molecule has 0 radical (unpaired) electrons. The van der Waals surface area contributed by atoms with Crippen LogP contribution in [0.25, 0.3) is 0 Å². The highest BCUT2D eigenvalue weighted by Gasteiger charge is 2.26. The lowest BCUT2D eigenvalue weighted by Crippen LogP contribution is -2.32. The lowest BCUT2D eigenvalue weighted by atomic mass is 9.82. The molecule has 0 aliphatic heterocycles. The number of carboxylic acid groups (broad SMARTS) is 1. The van der Waals surface area contributed by atoms with Gasteiger partial charge >= 0.3 is 5.97 Å². The number of carbonyl (C=O) groups excluding carboxylic acids is 1. The molecule has 0 aromatic heterocycles. The molecular weight excluding hydrogens is 323 g/mol. The number of anilines is 1. The summed E-state index contributed by atoms with van der Waals surface area (Å²) in [5.41, 5.74) is 0.774. The smallest absolute Gasteiger partial charge is 0.307 e. The summed E-state index contributed by atoms with van der Waals surface area (Å²) >= 11 is 0. The second kappa shape index (κ2) is 10.0. The Labute approximate surface area is 148 Å². The highest BCUT2D eigenvalue weighted by atomic mass is 19.1. The molecule has 0 bridgehead atoms. The molecule has 1 aliphatic carbocycles. The number of aliphatic carboxylic acids is 1. The minimum absolute atomic E-state index is 0.0301. The summed E-state index contributed by atoms with van der Waals surface area (Å²) < 4.78 is 12.8. The Kier molecular flexibility index (Phi) is 7.70. The summed E-state index contributed by atoms with van der Waals surface area (Å²) in [6.07, 6.45) is 6.34. The van der Waals surface area contributed by atoms with Crippen molar-refractivity contribution in [2.45, 2.75) is 44.9 Å². The van der Waals surface area contributed by atoms with E-state index in [0.29, 0.717) is 25.4 Å². The van der Waals surface area contributed by atoms with Gasteiger partial charge in [0.05, 0.1) is 5.92 Å². The SMILES string of the molecule is O=C(CC(CC1CCCCC1)C(=O)O)NCCNc1ccc(F)cc1. The van der Waals surface area contributed by atoms with Crippen LogP contribution in [0, 0.1) is 17.7 Å².